The molecule has 0 unspecified atom stereocenters. The number of H-pyrrole nitrogens is 2. The van der Waals surface area contributed by atoms with Crippen molar-refractivity contribution >= 4 is 67.0 Å². The van der Waals surface area contributed by atoms with Crippen molar-refractivity contribution in [1.29, 1.82) is 0 Å². The maximum absolute atomic E-state index is 3.48. The first-order chi connectivity index (χ1) is 13.6. The van der Waals surface area contributed by atoms with Gasteiger partial charge in [-0.3, -0.25) is 0 Å². The zero-order valence-corrected chi connectivity index (χ0v) is 19.6. The molecular formula is C24H18I2N2. The van der Waals surface area contributed by atoms with Crippen molar-refractivity contribution in [2.45, 2.75) is 12.8 Å². The van der Waals surface area contributed by atoms with Crippen LogP contribution in [0.5, 0.6) is 0 Å². The van der Waals surface area contributed by atoms with Crippen molar-refractivity contribution in [1.82, 2.24) is 9.97 Å². The lowest BCUT2D eigenvalue weighted by atomic mass is 9.84. The van der Waals surface area contributed by atoms with Gasteiger partial charge in [0.15, 0.2) is 0 Å². The van der Waals surface area contributed by atoms with Crippen molar-refractivity contribution in [3.8, 4) is 0 Å². The van der Waals surface area contributed by atoms with Gasteiger partial charge in [0.25, 0.3) is 0 Å². The van der Waals surface area contributed by atoms with Crippen molar-refractivity contribution < 1.29 is 0 Å². The second-order valence-electron chi connectivity index (χ2n) is 7.21. The third-order valence-corrected chi connectivity index (χ3v) is 6.73. The Kier molecular flexibility index (Phi) is 4.71. The fourth-order valence-electron chi connectivity index (χ4n) is 3.99. The Labute approximate surface area is 191 Å². The summed E-state index contributed by atoms with van der Waals surface area (Å²) in [4.78, 5) is 6.97. The monoisotopic (exact) mass is 588 g/mol. The van der Waals surface area contributed by atoms with Crippen LogP contribution in [0.1, 0.15) is 28.2 Å². The summed E-state index contributed by atoms with van der Waals surface area (Å²) in [6, 6.07) is 22.1. The minimum Gasteiger partial charge on any atom is -0.361 e. The molecule has 0 atom stereocenters. The van der Waals surface area contributed by atoms with Gasteiger partial charge in [-0.15, -0.1) is 0 Å². The van der Waals surface area contributed by atoms with Crippen LogP contribution in [0.3, 0.4) is 0 Å². The topological polar surface area (TPSA) is 31.6 Å². The molecule has 0 spiro atoms. The van der Waals surface area contributed by atoms with Crippen LogP contribution in [-0.4, -0.2) is 9.97 Å². The van der Waals surface area contributed by atoms with Gasteiger partial charge in [0.05, 0.1) is 0 Å². The van der Waals surface area contributed by atoms with Crippen LogP contribution in [0.2, 0.25) is 0 Å². The van der Waals surface area contributed by atoms with Crippen LogP contribution in [0.4, 0.5) is 0 Å². The molecule has 0 aliphatic carbocycles. The summed E-state index contributed by atoms with van der Waals surface area (Å²) in [5, 5.41) is 2.58. The number of fused-ring (bicyclic) bond motifs is 2. The summed E-state index contributed by atoms with van der Waals surface area (Å²) in [5.74, 6) is 0.166. The number of hydrogen-bond donors (Lipinski definition) is 2. The minimum absolute atomic E-state index is 0.166. The number of benzene rings is 3. The van der Waals surface area contributed by atoms with Crippen LogP contribution in [0, 0.1) is 14.1 Å². The maximum atomic E-state index is 3.48. The van der Waals surface area contributed by atoms with Crippen molar-refractivity contribution in [2.24, 2.45) is 0 Å². The highest BCUT2D eigenvalue weighted by molar-refractivity contribution is 14.1. The fourth-order valence-corrected chi connectivity index (χ4v) is 4.97. The molecule has 2 nitrogen and oxygen atoms in total. The second kappa shape index (κ2) is 7.22. The van der Waals surface area contributed by atoms with Crippen molar-refractivity contribution in [3.63, 3.8) is 0 Å². The Morgan fingerprint density at radius 2 is 1.18 bits per heavy atom. The molecule has 5 rings (SSSR count). The normalized spacial score (nSPS) is 11.7. The zero-order valence-electron chi connectivity index (χ0n) is 15.3. The Hall–Kier alpha value is -1.80. The summed E-state index contributed by atoms with van der Waals surface area (Å²) in [5.41, 5.74) is 7.59. The molecule has 0 saturated heterocycles. The predicted octanol–water partition coefficient (Wildman–Crippen LogP) is 7.35. The molecule has 2 N–H and O–H groups in total. The lowest BCUT2D eigenvalue weighted by Gasteiger charge is -2.18. The molecule has 0 saturated carbocycles. The third kappa shape index (κ3) is 3.16. The Morgan fingerprint density at radius 3 is 1.68 bits per heavy atom. The molecule has 0 radical (unpaired) electrons. The summed E-state index contributed by atoms with van der Waals surface area (Å²) < 4.78 is 2.50. The highest BCUT2D eigenvalue weighted by atomic mass is 127. The van der Waals surface area contributed by atoms with E-state index in [1.807, 2.05) is 0 Å². The van der Waals surface area contributed by atoms with Gasteiger partial charge in [-0.05, 0) is 105 Å². The largest absolute Gasteiger partial charge is 0.361 e. The van der Waals surface area contributed by atoms with Crippen LogP contribution in [0.25, 0.3) is 21.8 Å². The van der Waals surface area contributed by atoms with Gasteiger partial charge in [-0.25, -0.2) is 0 Å². The lowest BCUT2D eigenvalue weighted by Crippen LogP contribution is -2.02. The molecule has 3 aromatic carbocycles. The van der Waals surface area contributed by atoms with Crippen molar-refractivity contribution in [2.75, 3.05) is 0 Å². The molecule has 138 valence electrons. The van der Waals surface area contributed by atoms with Gasteiger partial charge in [0.2, 0.25) is 0 Å². The number of rotatable bonds is 3. The van der Waals surface area contributed by atoms with E-state index >= 15 is 0 Å². The average molecular weight is 588 g/mol. The standard InChI is InChI=1S/C24H18I2N2/c1-14-2-4-15(5-3-14)24(20-12-27-22-8-6-16(25)10-18(20)22)21-13-28-23-9-7-17(26)11-19(21)23/h2-13,24,27-28H,1H3. The smallest absolute Gasteiger partial charge is 0.0457 e. The number of halogens is 2. The summed E-state index contributed by atoms with van der Waals surface area (Å²) in [6.07, 6.45) is 4.36. The molecule has 0 aliphatic heterocycles. The number of nitrogens with one attached hydrogen (secondary N) is 2. The van der Waals surface area contributed by atoms with E-state index in [9.17, 15) is 0 Å². The van der Waals surface area contributed by atoms with Crippen LogP contribution in [0.15, 0.2) is 73.1 Å². The molecule has 0 bridgehead atoms. The first-order valence-corrected chi connectivity index (χ1v) is 11.4. The van der Waals surface area contributed by atoms with Crippen LogP contribution >= 0.6 is 45.2 Å². The van der Waals surface area contributed by atoms with E-state index in [2.05, 4.69) is 135 Å². The molecule has 0 amide bonds. The number of aromatic nitrogens is 2. The summed E-state index contributed by atoms with van der Waals surface area (Å²) in [7, 11) is 0. The molecule has 0 fully saturated rings. The van der Waals surface area contributed by atoms with Gasteiger partial charge in [-0.1, -0.05) is 29.8 Å². The zero-order chi connectivity index (χ0) is 19.3. The Bertz CT molecular complexity index is 1220. The highest BCUT2D eigenvalue weighted by Gasteiger charge is 2.23. The van der Waals surface area contributed by atoms with E-state index in [0.717, 1.165) is 0 Å². The first kappa shape index (κ1) is 18.2. The summed E-state index contributed by atoms with van der Waals surface area (Å²) >= 11 is 4.79. The quantitative estimate of drug-likeness (QED) is 0.207. The number of aryl methyl sites for hydroxylation is 1. The van der Waals surface area contributed by atoms with Crippen molar-refractivity contribution in [3.05, 3.63) is 102 Å². The van der Waals surface area contributed by atoms with E-state index in [0.29, 0.717) is 0 Å². The van der Waals surface area contributed by atoms with Gasteiger partial charge in [0.1, 0.15) is 0 Å². The first-order valence-electron chi connectivity index (χ1n) is 9.20. The maximum Gasteiger partial charge on any atom is 0.0457 e. The molecule has 2 heterocycles. The SMILES string of the molecule is Cc1ccc(C(c2c[nH]c3ccc(I)cc23)c2c[nH]c3ccc(I)cc23)cc1. The second-order valence-corrected chi connectivity index (χ2v) is 9.70. The van der Waals surface area contributed by atoms with Gasteiger partial charge in [-0.2, -0.15) is 0 Å². The van der Waals surface area contributed by atoms with Gasteiger partial charge >= 0.3 is 0 Å². The molecule has 4 heteroatoms. The van der Waals surface area contributed by atoms with E-state index < -0.39 is 0 Å². The van der Waals surface area contributed by atoms with Crippen LogP contribution in [-0.2, 0) is 0 Å². The van der Waals surface area contributed by atoms with E-state index in [4.69, 9.17) is 0 Å². The molecular weight excluding hydrogens is 570 g/mol. The van der Waals surface area contributed by atoms with E-state index in [-0.39, 0.29) is 5.92 Å². The summed E-state index contributed by atoms with van der Waals surface area (Å²) in [6.45, 7) is 2.14. The van der Waals surface area contributed by atoms with E-state index in [1.165, 1.54) is 51.2 Å². The van der Waals surface area contributed by atoms with Gasteiger partial charge < -0.3 is 9.97 Å². The average Bonchev–Trinajstić information content (AvgIpc) is 3.28. The molecule has 0 aliphatic rings. The molecule has 28 heavy (non-hydrogen) atoms. The van der Waals surface area contributed by atoms with E-state index in [1.54, 1.807) is 0 Å². The fraction of sp³-hybridized carbons (Fsp3) is 0.0833. The minimum atomic E-state index is 0.166. The molecule has 2 aromatic heterocycles. The predicted molar refractivity (Wildman–Crippen MR) is 134 cm³/mol. The van der Waals surface area contributed by atoms with Gasteiger partial charge in [0, 0.05) is 47.3 Å². The third-order valence-electron chi connectivity index (χ3n) is 5.38. The number of aromatic amines is 2. The highest BCUT2D eigenvalue weighted by Crippen LogP contribution is 2.40. The Morgan fingerprint density at radius 1 is 0.679 bits per heavy atom. The molecule has 5 aromatic rings. The lowest BCUT2D eigenvalue weighted by molar-refractivity contribution is 0.996. The number of hydrogen-bond acceptors (Lipinski definition) is 0. The Balaban J connectivity index is 1.81. The van der Waals surface area contributed by atoms with Crippen LogP contribution < -0.4 is 0 Å².